The van der Waals surface area contributed by atoms with Crippen LogP contribution in [0.15, 0.2) is 42.7 Å². The second-order valence-corrected chi connectivity index (χ2v) is 5.70. The summed E-state index contributed by atoms with van der Waals surface area (Å²) in [6.45, 7) is 2.17. The molecule has 1 fully saturated rings. The highest BCUT2D eigenvalue weighted by atomic mass is 35.5. The third-order valence-electron chi connectivity index (χ3n) is 3.68. The van der Waals surface area contributed by atoms with Crippen LogP contribution >= 0.6 is 11.6 Å². The molecule has 2 amide bonds. The number of benzene rings is 1. The van der Waals surface area contributed by atoms with Gasteiger partial charge < -0.3 is 15.0 Å². The molecule has 1 N–H and O–H groups in total. The minimum absolute atomic E-state index is 0.105. The van der Waals surface area contributed by atoms with E-state index >= 15 is 0 Å². The van der Waals surface area contributed by atoms with E-state index in [-0.39, 0.29) is 11.8 Å². The van der Waals surface area contributed by atoms with Crippen LogP contribution in [0.2, 0.25) is 5.02 Å². The molecule has 3 rings (SSSR count). The number of carbonyl (C=O) groups is 2. The Labute approximate surface area is 144 Å². The summed E-state index contributed by atoms with van der Waals surface area (Å²) < 4.78 is 5.25. The smallest absolute Gasteiger partial charge is 0.257 e. The van der Waals surface area contributed by atoms with Crippen LogP contribution in [0, 0.1) is 0 Å². The molecule has 24 heavy (non-hydrogen) atoms. The Bertz CT molecular complexity index is 746. The van der Waals surface area contributed by atoms with Crippen molar-refractivity contribution in [3.63, 3.8) is 0 Å². The van der Waals surface area contributed by atoms with Crippen molar-refractivity contribution in [3.05, 3.63) is 58.9 Å². The number of rotatable bonds is 3. The Hall–Kier alpha value is -2.44. The molecule has 2 aromatic rings. The highest BCUT2D eigenvalue weighted by Crippen LogP contribution is 2.24. The first-order valence-corrected chi connectivity index (χ1v) is 7.91. The molecule has 0 atom stereocenters. The molecule has 0 aliphatic carbocycles. The molecule has 1 aromatic carbocycles. The number of nitrogens with one attached hydrogen (secondary N) is 1. The normalized spacial score (nSPS) is 14.3. The molecule has 2 heterocycles. The van der Waals surface area contributed by atoms with Gasteiger partial charge >= 0.3 is 0 Å². The Balaban J connectivity index is 1.78. The molecule has 6 nitrogen and oxygen atoms in total. The molecule has 0 radical (unpaired) electrons. The lowest BCUT2D eigenvalue weighted by atomic mass is 10.1. The summed E-state index contributed by atoms with van der Waals surface area (Å²) in [5.74, 6) is -0.437. The average molecular weight is 346 g/mol. The molecule has 1 saturated heterocycles. The minimum Gasteiger partial charge on any atom is -0.378 e. The lowest BCUT2D eigenvalue weighted by molar-refractivity contribution is 0.0303. The molecular weight excluding hydrogens is 330 g/mol. The van der Waals surface area contributed by atoms with Crippen molar-refractivity contribution in [2.45, 2.75) is 0 Å². The fourth-order valence-electron chi connectivity index (χ4n) is 2.39. The van der Waals surface area contributed by atoms with E-state index in [4.69, 9.17) is 16.3 Å². The van der Waals surface area contributed by atoms with Crippen molar-refractivity contribution in [1.29, 1.82) is 0 Å². The van der Waals surface area contributed by atoms with Gasteiger partial charge in [-0.15, -0.1) is 0 Å². The van der Waals surface area contributed by atoms with Crippen LogP contribution in [0.4, 0.5) is 5.69 Å². The van der Waals surface area contributed by atoms with Crippen molar-refractivity contribution in [2.24, 2.45) is 0 Å². The molecule has 0 spiro atoms. The first-order chi connectivity index (χ1) is 11.6. The number of ether oxygens (including phenoxy) is 1. The lowest BCUT2D eigenvalue weighted by Gasteiger charge is -2.27. The van der Waals surface area contributed by atoms with E-state index in [0.717, 1.165) is 0 Å². The van der Waals surface area contributed by atoms with Crippen molar-refractivity contribution < 1.29 is 14.3 Å². The number of hydrogen-bond acceptors (Lipinski definition) is 4. The zero-order valence-electron chi connectivity index (χ0n) is 12.9. The second-order valence-electron chi connectivity index (χ2n) is 5.30. The van der Waals surface area contributed by atoms with Crippen molar-refractivity contribution in [1.82, 2.24) is 9.88 Å². The molecule has 0 bridgehead atoms. The van der Waals surface area contributed by atoms with E-state index in [2.05, 4.69) is 10.3 Å². The predicted molar refractivity (Wildman–Crippen MR) is 90.4 cm³/mol. The summed E-state index contributed by atoms with van der Waals surface area (Å²) in [5, 5.41) is 3.08. The number of pyridine rings is 1. The maximum Gasteiger partial charge on any atom is 0.257 e. The SMILES string of the molecule is O=C(Nc1cc(C(=O)N2CCOCC2)ccc1Cl)c1cccnc1. The molecule has 0 unspecified atom stereocenters. The maximum atomic E-state index is 12.5. The third-order valence-corrected chi connectivity index (χ3v) is 4.01. The van der Waals surface area contributed by atoms with Crippen LogP contribution in [0.5, 0.6) is 0 Å². The Morgan fingerprint density at radius 3 is 2.67 bits per heavy atom. The van der Waals surface area contributed by atoms with Crippen LogP contribution in [0.25, 0.3) is 0 Å². The number of amides is 2. The number of nitrogens with zero attached hydrogens (tertiary/aromatic N) is 2. The van der Waals surface area contributed by atoms with Gasteiger partial charge in [0.25, 0.3) is 11.8 Å². The highest BCUT2D eigenvalue weighted by molar-refractivity contribution is 6.34. The maximum absolute atomic E-state index is 12.5. The number of carbonyl (C=O) groups excluding carboxylic acids is 2. The van der Waals surface area contributed by atoms with Crippen LogP contribution in [0.3, 0.4) is 0 Å². The highest BCUT2D eigenvalue weighted by Gasteiger charge is 2.19. The van der Waals surface area contributed by atoms with Crippen LogP contribution in [0.1, 0.15) is 20.7 Å². The van der Waals surface area contributed by atoms with Crippen molar-refractivity contribution >= 4 is 29.1 Å². The summed E-state index contributed by atoms with van der Waals surface area (Å²) in [7, 11) is 0. The number of halogens is 1. The van der Waals surface area contributed by atoms with Gasteiger partial charge in [0.2, 0.25) is 0 Å². The zero-order valence-corrected chi connectivity index (χ0v) is 13.6. The molecule has 1 aliphatic rings. The first-order valence-electron chi connectivity index (χ1n) is 7.53. The van der Waals surface area contributed by atoms with E-state index < -0.39 is 0 Å². The monoisotopic (exact) mass is 345 g/mol. The summed E-state index contributed by atoms with van der Waals surface area (Å²) in [6.07, 6.45) is 3.05. The van der Waals surface area contributed by atoms with E-state index in [1.54, 1.807) is 41.4 Å². The number of anilines is 1. The summed E-state index contributed by atoms with van der Waals surface area (Å²) in [5.41, 5.74) is 1.28. The van der Waals surface area contributed by atoms with E-state index in [1.807, 2.05) is 0 Å². The van der Waals surface area contributed by atoms with Gasteiger partial charge in [-0.25, -0.2) is 0 Å². The van der Waals surface area contributed by atoms with Gasteiger partial charge in [-0.1, -0.05) is 11.6 Å². The standard InChI is InChI=1S/C17H16ClN3O3/c18-14-4-3-12(17(23)21-6-8-24-9-7-21)10-15(14)20-16(22)13-2-1-5-19-11-13/h1-5,10-11H,6-9H2,(H,20,22). The first kappa shape index (κ1) is 16.4. The fourth-order valence-corrected chi connectivity index (χ4v) is 2.56. The van der Waals surface area contributed by atoms with Gasteiger partial charge in [0.05, 0.1) is 29.5 Å². The second kappa shape index (κ2) is 7.42. The molecule has 7 heteroatoms. The minimum atomic E-state index is -0.332. The lowest BCUT2D eigenvalue weighted by Crippen LogP contribution is -2.40. The van der Waals surface area contributed by atoms with Crippen LogP contribution < -0.4 is 5.32 Å². The number of morpholine rings is 1. The largest absolute Gasteiger partial charge is 0.378 e. The Kier molecular flexibility index (Phi) is 5.08. The Morgan fingerprint density at radius 2 is 1.96 bits per heavy atom. The number of aromatic nitrogens is 1. The summed E-state index contributed by atoms with van der Waals surface area (Å²) >= 11 is 6.14. The van der Waals surface area contributed by atoms with Crippen LogP contribution in [-0.2, 0) is 4.74 Å². The molecular formula is C17H16ClN3O3. The third kappa shape index (κ3) is 3.72. The Morgan fingerprint density at radius 1 is 1.17 bits per heavy atom. The molecule has 1 aromatic heterocycles. The van der Waals surface area contributed by atoms with Crippen molar-refractivity contribution in [3.8, 4) is 0 Å². The summed E-state index contributed by atoms with van der Waals surface area (Å²) in [4.78, 5) is 30.4. The van der Waals surface area contributed by atoms with Crippen LogP contribution in [-0.4, -0.2) is 48.0 Å². The number of hydrogen-bond donors (Lipinski definition) is 1. The van der Waals surface area contributed by atoms with Gasteiger partial charge in [-0.2, -0.15) is 0 Å². The van der Waals surface area contributed by atoms with E-state index in [9.17, 15) is 9.59 Å². The van der Waals surface area contributed by atoms with Gasteiger partial charge in [-0.05, 0) is 30.3 Å². The fraction of sp³-hybridized carbons (Fsp3) is 0.235. The van der Waals surface area contributed by atoms with Crippen molar-refractivity contribution in [2.75, 3.05) is 31.6 Å². The van der Waals surface area contributed by atoms with Gasteiger partial charge in [-0.3, -0.25) is 14.6 Å². The van der Waals surface area contributed by atoms with Gasteiger partial charge in [0, 0.05) is 31.0 Å². The predicted octanol–water partition coefficient (Wildman–Crippen LogP) is 2.46. The topological polar surface area (TPSA) is 71.5 Å². The molecule has 1 aliphatic heterocycles. The van der Waals surface area contributed by atoms with E-state index in [1.165, 1.54) is 6.20 Å². The average Bonchev–Trinajstić information content (AvgIpc) is 2.64. The zero-order chi connectivity index (χ0) is 16.9. The van der Waals surface area contributed by atoms with E-state index in [0.29, 0.717) is 48.1 Å². The molecule has 0 saturated carbocycles. The summed E-state index contributed by atoms with van der Waals surface area (Å²) in [6, 6.07) is 8.18. The van der Waals surface area contributed by atoms with Gasteiger partial charge in [0.1, 0.15) is 0 Å². The van der Waals surface area contributed by atoms with Gasteiger partial charge in [0.15, 0.2) is 0 Å². The molecule has 124 valence electrons. The quantitative estimate of drug-likeness (QED) is 0.927.